The Kier molecular flexibility index (Phi) is 7.65. The van der Waals surface area contributed by atoms with Crippen LogP contribution in [-0.2, 0) is 4.43 Å². The van der Waals surface area contributed by atoms with Crippen molar-refractivity contribution in [2.75, 3.05) is 6.61 Å². The van der Waals surface area contributed by atoms with E-state index < -0.39 is 8.32 Å². The van der Waals surface area contributed by atoms with E-state index in [1.54, 1.807) is 0 Å². The van der Waals surface area contributed by atoms with Crippen molar-refractivity contribution >= 4 is 8.32 Å². The van der Waals surface area contributed by atoms with Crippen LogP contribution in [0.15, 0.2) is 11.6 Å². The van der Waals surface area contributed by atoms with Gasteiger partial charge in [0.2, 0.25) is 0 Å². The van der Waals surface area contributed by atoms with Crippen LogP contribution in [0.25, 0.3) is 0 Å². The third kappa shape index (κ3) is 6.66. The van der Waals surface area contributed by atoms with Crippen molar-refractivity contribution in [1.82, 2.24) is 0 Å². The average molecular weight is 313 g/mol. The Morgan fingerprint density at radius 3 is 2.57 bits per heavy atom. The molecule has 0 saturated carbocycles. The van der Waals surface area contributed by atoms with Crippen molar-refractivity contribution in [3.8, 4) is 0 Å². The van der Waals surface area contributed by atoms with E-state index in [0.717, 1.165) is 38.7 Å². The molecule has 0 aliphatic heterocycles. The number of aliphatic hydroxyl groups excluding tert-OH is 1. The highest BCUT2D eigenvalue weighted by atomic mass is 28.4. The van der Waals surface area contributed by atoms with Gasteiger partial charge in [0.15, 0.2) is 8.32 Å². The molecule has 1 rings (SSSR count). The summed E-state index contributed by atoms with van der Waals surface area (Å²) >= 11 is 0. The number of rotatable bonds is 7. The molecule has 1 atom stereocenters. The van der Waals surface area contributed by atoms with Crippen LogP contribution in [0.2, 0.25) is 18.1 Å². The summed E-state index contributed by atoms with van der Waals surface area (Å²) in [5.74, 6) is 0. The second kappa shape index (κ2) is 8.49. The van der Waals surface area contributed by atoms with Gasteiger partial charge in [-0.1, -0.05) is 33.3 Å². The molecular formula is C18H36O2Si. The van der Waals surface area contributed by atoms with Crippen molar-refractivity contribution < 1.29 is 9.53 Å². The van der Waals surface area contributed by atoms with E-state index in [1.807, 2.05) is 0 Å². The number of allylic oxidation sites excluding steroid dienone is 1. The topological polar surface area (TPSA) is 29.5 Å². The Morgan fingerprint density at radius 1 is 1.19 bits per heavy atom. The molecule has 0 aromatic rings. The van der Waals surface area contributed by atoms with Gasteiger partial charge in [-0.15, -0.1) is 0 Å². The third-order valence-corrected chi connectivity index (χ3v) is 9.68. The third-order valence-electron chi connectivity index (χ3n) is 5.15. The van der Waals surface area contributed by atoms with Crippen LogP contribution in [0.4, 0.5) is 0 Å². The molecule has 124 valence electrons. The fourth-order valence-corrected chi connectivity index (χ4v) is 3.60. The van der Waals surface area contributed by atoms with Crippen LogP contribution in [0.1, 0.15) is 72.1 Å². The molecule has 0 radical (unpaired) electrons. The van der Waals surface area contributed by atoms with E-state index in [-0.39, 0.29) is 11.1 Å². The highest BCUT2D eigenvalue weighted by molar-refractivity contribution is 6.74. The van der Waals surface area contributed by atoms with Gasteiger partial charge in [-0.25, -0.2) is 0 Å². The lowest BCUT2D eigenvalue weighted by Gasteiger charge is -2.36. The number of unbranched alkanes of at least 4 members (excludes halogenated alkanes) is 1. The van der Waals surface area contributed by atoms with Gasteiger partial charge in [-0.2, -0.15) is 0 Å². The smallest absolute Gasteiger partial charge is 0.191 e. The molecule has 1 unspecified atom stereocenters. The van der Waals surface area contributed by atoms with E-state index in [2.05, 4.69) is 39.9 Å². The van der Waals surface area contributed by atoms with Crippen LogP contribution in [0.3, 0.4) is 0 Å². The molecule has 0 aromatic heterocycles. The summed E-state index contributed by atoms with van der Waals surface area (Å²) in [6.07, 6.45) is 11.2. The Balaban J connectivity index is 2.20. The van der Waals surface area contributed by atoms with Gasteiger partial charge in [0.05, 0.1) is 6.10 Å². The Hall–Kier alpha value is -0.123. The molecule has 2 nitrogen and oxygen atoms in total. The summed E-state index contributed by atoms with van der Waals surface area (Å²) in [6, 6.07) is 0. The van der Waals surface area contributed by atoms with Crippen molar-refractivity contribution in [1.29, 1.82) is 0 Å². The SMILES string of the molecule is CC(C)(C)[Si](C)(C)OCCCCC(O)C1=CCCCCC1. The fourth-order valence-electron chi connectivity index (χ4n) is 2.51. The summed E-state index contributed by atoms with van der Waals surface area (Å²) in [5.41, 5.74) is 1.29. The van der Waals surface area contributed by atoms with Crippen molar-refractivity contribution in [2.24, 2.45) is 0 Å². The highest BCUT2D eigenvalue weighted by Crippen LogP contribution is 2.36. The maximum Gasteiger partial charge on any atom is 0.191 e. The zero-order chi connectivity index (χ0) is 15.9. The maximum absolute atomic E-state index is 10.3. The molecule has 0 fully saturated rings. The lowest BCUT2D eigenvalue weighted by atomic mass is 10.00. The normalized spacial score (nSPS) is 19.0. The molecule has 0 heterocycles. The molecule has 0 amide bonds. The predicted octanol–water partition coefficient (Wildman–Crippen LogP) is 5.43. The van der Waals surface area contributed by atoms with Crippen molar-refractivity contribution in [3.05, 3.63) is 11.6 Å². The van der Waals surface area contributed by atoms with Crippen LogP contribution in [0.5, 0.6) is 0 Å². The summed E-state index contributed by atoms with van der Waals surface area (Å²) < 4.78 is 6.18. The van der Waals surface area contributed by atoms with Gasteiger partial charge < -0.3 is 9.53 Å². The Labute approximate surface area is 133 Å². The van der Waals surface area contributed by atoms with Crippen LogP contribution in [0, 0.1) is 0 Å². The molecule has 0 spiro atoms. The van der Waals surface area contributed by atoms with E-state index in [9.17, 15) is 5.11 Å². The average Bonchev–Trinajstić information content (AvgIpc) is 2.65. The van der Waals surface area contributed by atoms with E-state index >= 15 is 0 Å². The second-order valence-electron chi connectivity index (χ2n) is 8.00. The lowest BCUT2D eigenvalue weighted by Crippen LogP contribution is -2.40. The van der Waals surface area contributed by atoms with Crippen LogP contribution >= 0.6 is 0 Å². The molecule has 0 aromatic carbocycles. The lowest BCUT2D eigenvalue weighted by molar-refractivity contribution is 0.186. The van der Waals surface area contributed by atoms with Gasteiger partial charge in [0.1, 0.15) is 0 Å². The van der Waals surface area contributed by atoms with Crippen LogP contribution in [-0.4, -0.2) is 26.1 Å². The Morgan fingerprint density at radius 2 is 1.90 bits per heavy atom. The van der Waals surface area contributed by atoms with Gasteiger partial charge >= 0.3 is 0 Å². The largest absolute Gasteiger partial charge is 0.417 e. The summed E-state index contributed by atoms with van der Waals surface area (Å²) in [5, 5.41) is 10.6. The van der Waals surface area contributed by atoms with Crippen molar-refractivity contribution in [3.63, 3.8) is 0 Å². The highest BCUT2D eigenvalue weighted by Gasteiger charge is 2.36. The zero-order valence-corrected chi connectivity index (χ0v) is 15.9. The molecule has 0 bridgehead atoms. The predicted molar refractivity (Wildman–Crippen MR) is 94.2 cm³/mol. The first-order chi connectivity index (χ1) is 9.74. The first-order valence-electron chi connectivity index (χ1n) is 8.75. The minimum absolute atomic E-state index is 0.212. The van der Waals surface area contributed by atoms with E-state index in [4.69, 9.17) is 4.43 Å². The molecule has 1 aliphatic rings. The number of hydrogen-bond donors (Lipinski definition) is 1. The molecule has 3 heteroatoms. The van der Waals surface area contributed by atoms with Gasteiger partial charge in [0.25, 0.3) is 0 Å². The number of aliphatic hydroxyl groups is 1. The van der Waals surface area contributed by atoms with Crippen molar-refractivity contribution in [2.45, 2.75) is 96.4 Å². The number of hydrogen-bond acceptors (Lipinski definition) is 2. The first-order valence-corrected chi connectivity index (χ1v) is 11.7. The van der Waals surface area contributed by atoms with Crippen LogP contribution < -0.4 is 0 Å². The minimum Gasteiger partial charge on any atom is -0.417 e. The molecule has 1 N–H and O–H groups in total. The summed E-state index contributed by atoms with van der Waals surface area (Å²) in [4.78, 5) is 0. The van der Waals surface area contributed by atoms with Gasteiger partial charge in [0, 0.05) is 6.61 Å². The van der Waals surface area contributed by atoms with E-state index in [1.165, 1.54) is 24.8 Å². The van der Waals surface area contributed by atoms with Gasteiger partial charge in [-0.05, 0) is 68.7 Å². The minimum atomic E-state index is -1.59. The molecular weight excluding hydrogens is 276 g/mol. The van der Waals surface area contributed by atoms with Gasteiger partial charge in [-0.3, -0.25) is 0 Å². The molecule has 1 aliphatic carbocycles. The summed E-state index contributed by atoms with van der Waals surface area (Å²) in [7, 11) is -1.59. The standard InChI is InChI=1S/C18H36O2Si/c1-18(2,3)21(4,5)20-15-11-10-14-17(19)16-12-8-6-7-9-13-16/h12,17,19H,6-11,13-15H2,1-5H3. The monoisotopic (exact) mass is 312 g/mol. The molecule has 0 saturated heterocycles. The fraction of sp³-hybridized carbons (Fsp3) is 0.889. The maximum atomic E-state index is 10.3. The molecule has 21 heavy (non-hydrogen) atoms. The van der Waals surface area contributed by atoms with E-state index in [0.29, 0.717) is 0 Å². The second-order valence-corrected chi connectivity index (χ2v) is 12.8. The Bertz CT molecular complexity index is 329. The quantitative estimate of drug-likeness (QED) is 0.386. The first kappa shape index (κ1) is 18.9. The summed E-state index contributed by atoms with van der Waals surface area (Å²) in [6.45, 7) is 12.3. The zero-order valence-electron chi connectivity index (χ0n) is 14.9.